The van der Waals surface area contributed by atoms with Crippen molar-refractivity contribution in [1.82, 2.24) is 10.2 Å². The average Bonchev–Trinajstić information content (AvgIpc) is 3.06. The molecule has 1 saturated carbocycles. The van der Waals surface area contributed by atoms with Gasteiger partial charge in [0.25, 0.3) is 5.91 Å². The summed E-state index contributed by atoms with van der Waals surface area (Å²) in [6.07, 6.45) is 10.7. The molecule has 0 spiro atoms. The Labute approximate surface area is 199 Å². The predicted molar refractivity (Wildman–Crippen MR) is 131 cm³/mol. The number of rotatable bonds is 9. The van der Waals surface area contributed by atoms with Crippen LogP contribution >= 0.6 is 24.0 Å². The zero-order chi connectivity index (χ0) is 22.9. The lowest BCUT2D eigenvalue weighted by Crippen LogP contribution is -2.36. The molecule has 0 atom stereocenters. The molecular weight excluding hydrogens is 444 g/mol. The fourth-order valence-electron chi connectivity index (χ4n) is 3.96. The van der Waals surface area contributed by atoms with Gasteiger partial charge in [-0.25, -0.2) is 4.79 Å². The summed E-state index contributed by atoms with van der Waals surface area (Å²) < 4.78 is 5.26. The summed E-state index contributed by atoms with van der Waals surface area (Å²) in [7, 11) is 1.34. The molecule has 0 radical (unpaired) electrons. The van der Waals surface area contributed by atoms with Crippen LogP contribution in [0.5, 0.6) is 0 Å². The van der Waals surface area contributed by atoms with Crippen molar-refractivity contribution in [1.29, 1.82) is 0 Å². The molecule has 0 bridgehead atoms. The molecule has 8 heteroatoms. The maximum atomic E-state index is 12.7. The van der Waals surface area contributed by atoms with Gasteiger partial charge in [0.2, 0.25) is 5.91 Å². The summed E-state index contributed by atoms with van der Waals surface area (Å²) in [5.41, 5.74) is 1.28. The van der Waals surface area contributed by atoms with E-state index in [1.165, 1.54) is 38.1 Å². The number of amides is 2. The van der Waals surface area contributed by atoms with Crippen molar-refractivity contribution in [2.24, 2.45) is 0 Å². The number of hydrogen-bond donors (Lipinski definition) is 1. The second-order valence-corrected chi connectivity index (χ2v) is 9.84. The number of methoxy groups -OCH3 is 1. The average molecular weight is 475 g/mol. The van der Waals surface area contributed by atoms with Crippen LogP contribution in [0.3, 0.4) is 0 Å². The zero-order valence-corrected chi connectivity index (χ0v) is 20.1. The summed E-state index contributed by atoms with van der Waals surface area (Å²) in [6, 6.07) is 7.25. The van der Waals surface area contributed by atoms with E-state index in [1.54, 1.807) is 35.2 Å². The Kier molecular flexibility index (Phi) is 9.29. The van der Waals surface area contributed by atoms with E-state index in [9.17, 15) is 14.4 Å². The predicted octanol–water partition coefficient (Wildman–Crippen LogP) is 4.68. The van der Waals surface area contributed by atoms with Crippen molar-refractivity contribution < 1.29 is 19.1 Å². The highest BCUT2D eigenvalue weighted by Gasteiger charge is 2.31. The van der Waals surface area contributed by atoms with Gasteiger partial charge in [0.1, 0.15) is 4.32 Å². The second kappa shape index (κ2) is 12.2. The van der Waals surface area contributed by atoms with E-state index in [0.29, 0.717) is 33.8 Å². The van der Waals surface area contributed by atoms with Gasteiger partial charge in [-0.1, -0.05) is 61.8 Å². The summed E-state index contributed by atoms with van der Waals surface area (Å²) >= 11 is 6.69. The van der Waals surface area contributed by atoms with Crippen LogP contribution in [0.2, 0.25) is 0 Å². The Morgan fingerprint density at radius 1 is 1.16 bits per heavy atom. The molecular formula is C24H30N2O4S2. The van der Waals surface area contributed by atoms with Crippen LogP contribution in [-0.4, -0.2) is 46.7 Å². The van der Waals surface area contributed by atoms with Crippen molar-refractivity contribution in [2.45, 2.75) is 63.8 Å². The van der Waals surface area contributed by atoms with Gasteiger partial charge in [-0.15, -0.1) is 0 Å². The van der Waals surface area contributed by atoms with Crippen molar-refractivity contribution in [3.8, 4) is 0 Å². The summed E-state index contributed by atoms with van der Waals surface area (Å²) in [5, 5.41) is 3.15. The molecule has 1 heterocycles. The number of unbranched alkanes of at least 4 members (excludes halogenated alkanes) is 2. The molecule has 1 aliphatic carbocycles. The first kappa shape index (κ1) is 24.5. The maximum absolute atomic E-state index is 12.7. The van der Waals surface area contributed by atoms with E-state index in [-0.39, 0.29) is 11.8 Å². The van der Waals surface area contributed by atoms with Crippen LogP contribution < -0.4 is 5.32 Å². The Morgan fingerprint density at radius 2 is 1.88 bits per heavy atom. The molecule has 0 aromatic heterocycles. The number of nitrogens with zero attached hydrogens (tertiary/aromatic N) is 1. The fourth-order valence-corrected chi connectivity index (χ4v) is 5.27. The molecule has 172 valence electrons. The van der Waals surface area contributed by atoms with Crippen LogP contribution in [0.4, 0.5) is 0 Å². The smallest absolute Gasteiger partial charge is 0.337 e. The van der Waals surface area contributed by atoms with Crippen LogP contribution in [0.15, 0.2) is 29.2 Å². The number of ether oxygens (including phenoxy) is 1. The number of carbonyl (C=O) groups excluding carboxylic acids is 3. The van der Waals surface area contributed by atoms with Gasteiger partial charge in [-0.3, -0.25) is 14.5 Å². The molecule has 2 aliphatic rings. The van der Waals surface area contributed by atoms with Gasteiger partial charge in [-0.2, -0.15) is 0 Å². The van der Waals surface area contributed by atoms with E-state index in [4.69, 9.17) is 17.0 Å². The number of nitrogens with one attached hydrogen (secondary N) is 1. The molecule has 1 aromatic rings. The van der Waals surface area contributed by atoms with Gasteiger partial charge >= 0.3 is 5.97 Å². The standard InChI is InChI=1S/C24H30N2O4S2/c1-30-23(29)18-13-11-17(12-14-18)16-20-22(28)26(24(31)32-20)15-7-3-6-10-21(27)25-19-8-4-2-5-9-19/h11-14,16,19H,2-10,15H2,1H3,(H,25,27). The lowest BCUT2D eigenvalue weighted by atomic mass is 9.95. The topological polar surface area (TPSA) is 75.7 Å². The molecule has 2 fully saturated rings. The number of benzene rings is 1. The third-order valence-electron chi connectivity index (χ3n) is 5.76. The lowest BCUT2D eigenvalue weighted by molar-refractivity contribution is -0.123. The van der Waals surface area contributed by atoms with Crippen molar-refractivity contribution in [2.75, 3.05) is 13.7 Å². The highest BCUT2D eigenvalue weighted by Crippen LogP contribution is 2.32. The van der Waals surface area contributed by atoms with Crippen LogP contribution in [-0.2, 0) is 14.3 Å². The SMILES string of the molecule is COC(=O)c1ccc(C=C2SC(=S)N(CCCCCC(=O)NC3CCCCC3)C2=O)cc1. The number of esters is 1. The minimum Gasteiger partial charge on any atom is -0.465 e. The zero-order valence-electron chi connectivity index (χ0n) is 18.4. The first-order valence-corrected chi connectivity index (χ1v) is 12.4. The Hall–Kier alpha value is -2.19. The lowest BCUT2D eigenvalue weighted by Gasteiger charge is -2.22. The molecule has 0 unspecified atom stereocenters. The van der Waals surface area contributed by atoms with E-state index in [1.807, 2.05) is 0 Å². The second-order valence-electron chi connectivity index (χ2n) is 8.16. The summed E-state index contributed by atoms with van der Waals surface area (Å²) in [4.78, 5) is 38.6. The normalized spacial score (nSPS) is 18.3. The van der Waals surface area contributed by atoms with E-state index in [2.05, 4.69) is 5.32 Å². The minimum atomic E-state index is -0.394. The Bertz CT molecular complexity index is 876. The van der Waals surface area contributed by atoms with E-state index >= 15 is 0 Å². The van der Waals surface area contributed by atoms with Gasteiger partial charge in [0.05, 0.1) is 17.6 Å². The van der Waals surface area contributed by atoms with Crippen LogP contribution in [0.25, 0.3) is 6.08 Å². The number of thiocarbonyl (C=S) groups is 1. The van der Waals surface area contributed by atoms with Crippen LogP contribution in [0.1, 0.15) is 73.7 Å². The highest BCUT2D eigenvalue weighted by atomic mass is 32.2. The van der Waals surface area contributed by atoms with E-state index in [0.717, 1.165) is 37.7 Å². The molecule has 6 nitrogen and oxygen atoms in total. The molecule has 1 aliphatic heterocycles. The van der Waals surface area contributed by atoms with Gasteiger partial charge in [-0.05, 0) is 49.5 Å². The van der Waals surface area contributed by atoms with Gasteiger partial charge in [0.15, 0.2) is 0 Å². The quantitative estimate of drug-likeness (QED) is 0.242. The Morgan fingerprint density at radius 3 is 2.56 bits per heavy atom. The first-order chi connectivity index (χ1) is 15.5. The summed E-state index contributed by atoms with van der Waals surface area (Å²) in [5.74, 6) is -0.343. The third-order valence-corrected chi connectivity index (χ3v) is 7.14. The van der Waals surface area contributed by atoms with Crippen LogP contribution in [0, 0.1) is 0 Å². The maximum Gasteiger partial charge on any atom is 0.337 e. The largest absolute Gasteiger partial charge is 0.465 e. The molecule has 32 heavy (non-hydrogen) atoms. The first-order valence-electron chi connectivity index (χ1n) is 11.2. The molecule has 3 rings (SSSR count). The van der Waals surface area contributed by atoms with Gasteiger partial charge in [0, 0.05) is 19.0 Å². The van der Waals surface area contributed by atoms with E-state index < -0.39 is 5.97 Å². The fraction of sp³-hybridized carbons (Fsp3) is 0.500. The number of hydrogen-bond acceptors (Lipinski definition) is 6. The number of thioether (sulfide) groups is 1. The molecule has 2 amide bonds. The van der Waals surface area contributed by atoms with Crippen molar-refractivity contribution in [3.63, 3.8) is 0 Å². The van der Waals surface area contributed by atoms with Gasteiger partial charge < -0.3 is 10.1 Å². The monoisotopic (exact) mass is 474 g/mol. The number of carbonyl (C=O) groups is 3. The third kappa shape index (κ3) is 6.90. The summed E-state index contributed by atoms with van der Waals surface area (Å²) in [6.45, 7) is 0.563. The Balaban J connectivity index is 1.41. The highest BCUT2D eigenvalue weighted by molar-refractivity contribution is 8.26. The molecule has 1 saturated heterocycles. The minimum absolute atomic E-state index is 0.0907. The van der Waals surface area contributed by atoms with Crippen molar-refractivity contribution in [3.05, 3.63) is 40.3 Å². The molecule has 1 N–H and O–H groups in total. The molecule has 1 aromatic carbocycles. The van der Waals surface area contributed by atoms with Crippen molar-refractivity contribution >= 4 is 52.2 Å².